The van der Waals surface area contributed by atoms with Crippen molar-refractivity contribution in [2.24, 2.45) is 0 Å². The lowest BCUT2D eigenvalue weighted by Crippen LogP contribution is -2.52. The van der Waals surface area contributed by atoms with Gasteiger partial charge in [0, 0.05) is 38.8 Å². The first-order valence-electron chi connectivity index (χ1n) is 6.75. The van der Waals surface area contributed by atoms with Crippen molar-refractivity contribution in [2.75, 3.05) is 37.0 Å². The second-order valence-corrected chi connectivity index (χ2v) is 6.65. The maximum atomic E-state index is 12.7. The van der Waals surface area contributed by atoms with Crippen LogP contribution in [0.2, 0.25) is 0 Å². The maximum absolute atomic E-state index is 12.7. The molecular formula is C13H21N3O3S. The second-order valence-electron chi connectivity index (χ2n) is 4.79. The monoisotopic (exact) mass is 299 g/mol. The summed E-state index contributed by atoms with van der Waals surface area (Å²) in [6.45, 7) is 6.23. The average molecular weight is 299 g/mol. The number of rotatable bonds is 4. The van der Waals surface area contributed by atoms with Crippen LogP contribution in [0, 0.1) is 6.92 Å². The van der Waals surface area contributed by atoms with Gasteiger partial charge in [-0.05, 0) is 25.5 Å². The highest BCUT2D eigenvalue weighted by molar-refractivity contribution is 7.90. The van der Waals surface area contributed by atoms with Gasteiger partial charge in [0.05, 0.1) is 5.69 Å². The average Bonchev–Trinajstić information content (AvgIpc) is 2.44. The van der Waals surface area contributed by atoms with Gasteiger partial charge in [-0.25, -0.2) is 0 Å². The first-order chi connectivity index (χ1) is 9.46. The van der Waals surface area contributed by atoms with E-state index in [2.05, 4.69) is 5.32 Å². The molecule has 0 atom stereocenters. The molecule has 0 aromatic heterocycles. The van der Waals surface area contributed by atoms with Gasteiger partial charge in [-0.15, -0.1) is 0 Å². The number of nitrogens with one attached hydrogen (secondary N) is 1. The van der Waals surface area contributed by atoms with E-state index in [0.717, 1.165) is 5.56 Å². The fourth-order valence-corrected chi connectivity index (χ4v) is 4.03. The Labute approximate surface area is 120 Å². The number of benzene rings is 1. The van der Waals surface area contributed by atoms with Crippen LogP contribution >= 0.6 is 0 Å². The van der Waals surface area contributed by atoms with Crippen molar-refractivity contribution in [3.05, 3.63) is 23.8 Å². The molecule has 112 valence electrons. The van der Waals surface area contributed by atoms with Gasteiger partial charge >= 0.3 is 10.2 Å². The fourth-order valence-electron chi connectivity index (χ4n) is 2.34. The molecule has 20 heavy (non-hydrogen) atoms. The van der Waals surface area contributed by atoms with Crippen LogP contribution in [-0.4, -0.2) is 50.6 Å². The molecular weight excluding hydrogens is 278 g/mol. The van der Waals surface area contributed by atoms with Crippen molar-refractivity contribution >= 4 is 15.9 Å². The Bertz CT molecular complexity index is 568. The minimum atomic E-state index is -3.55. The number of anilines is 1. The van der Waals surface area contributed by atoms with Gasteiger partial charge in [0.15, 0.2) is 0 Å². The van der Waals surface area contributed by atoms with Crippen LogP contribution in [0.5, 0.6) is 5.75 Å². The predicted octanol–water partition coefficient (Wildman–Crippen LogP) is 0.677. The number of piperazine rings is 1. The van der Waals surface area contributed by atoms with E-state index in [-0.39, 0.29) is 5.75 Å². The topological polar surface area (TPSA) is 72.9 Å². The van der Waals surface area contributed by atoms with Crippen molar-refractivity contribution in [3.63, 3.8) is 0 Å². The molecule has 6 nitrogen and oxygen atoms in total. The molecule has 7 heteroatoms. The number of aromatic hydroxyl groups is 1. The first-order valence-corrected chi connectivity index (χ1v) is 8.14. The molecule has 1 aliphatic heterocycles. The van der Waals surface area contributed by atoms with Crippen molar-refractivity contribution in [3.8, 4) is 5.75 Å². The summed E-state index contributed by atoms with van der Waals surface area (Å²) in [5, 5.41) is 12.8. The van der Waals surface area contributed by atoms with Crippen LogP contribution in [0.4, 0.5) is 5.69 Å². The third-order valence-corrected chi connectivity index (χ3v) is 5.46. The Hall–Kier alpha value is -1.31. The summed E-state index contributed by atoms with van der Waals surface area (Å²) in [6, 6.07) is 4.78. The Kier molecular flexibility index (Phi) is 4.52. The van der Waals surface area contributed by atoms with Crippen molar-refractivity contribution in [2.45, 2.75) is 13.8 Å². The van der Waals surface area contributed by atoms with Gasteiger partial charge in [0.2, 0.25) is 0 Å². The lowest BCUT2D eigenvalue weighted by atomic mass is 10.2. The van der Waals surface area contributed by atoms with E-state index in [1.165, 1.54) is 14.7 Å². The molecule has 1 aliphatic rings. The van der Waals surface area contributed by atoms with Gasteiger partial charge < -0.3 is 10.4 Å². The number of hydrogen-bond acceptors (Lipinski definition) is 4. The molecule has 0 radical (unpaired) electrons. The smallest absolute Gasteiger partial charge is 0.304 e. The van der Waals surface area contributed by atoms with E-state index in [1.54, 1.807) is 19.1 Å². The zero-order chi connectivity index (χ0) is 14.8. The van der Waals surface area contributed by atoms with Crippen LogP contribution in [0.15, 0.2) is 18.2 Å². The highest BCUT2D eigenvalue weighted by Crippen LogP contribution is 2.28. The van der Waals surface area contributed by atoms with Gasteiger partial charge in [-0.1, -0.05) is 6.07 Å². The molecule has 0 unspecified atom stereocenters. The van der Waals surface area contributed by atoms with E-state index < -0.39 is 10.2 Å². The largest absolute Gasteiger partial charge is 0.508 e. The minimum Gasteiger partial charge on any atom is -0.508 e. The molecule has 0 aliphatic carbocycles. The highest BCUT2D eigenvalue weighted by Gasteiger charge is 2.30. The van der Waals surface area contributed by atoms with E-state index in [1.807, 2.05) is 6.92 Å². The normalized spacial score (nSPS) is 17.1. The Balaban J connectivity index is 2.37. The highest BCUT2D eigenvalue weighted by atomic mass is 32.2. The number of phenols is 1. The molecule has 1 heterocycles. The minimum absolute atomic E-state index is 0.0690. The number of nitrogens with zero attached hydrogens (tertiary/aromatic N) is 2. The molecule has 1 aromatic carbocycles. The van der Waals surface area contributed by atoms with Crippen LogP contribution in [0.3, 0.4) is 0 Å². The second kappa shape index (κ2) is 5.99. The summed E-state index contributed by atoms with van der Waals surface area (Å²) < 4.78 is 28.3. The van der Waals surface area contributed by atoms with Crippen LogP contribution < -0.4 is 9.62 Å². The molecule has 1 fully saturated rings. The van der Waals surface area contributed by atoms with E-state index in [9.17, 15) is 13.5 Å². The van der Waals surface area contributed by atoms with Gasteiger partial charge in [-0.3, -0.25) is 4.31 Å². The van der Waals surface area contributed by atoms with Crippen LogP contribution in [-0.2, 0) is 10.2 Å². The quantitative estimate of drug-likeness (QED) is 0.857. The SMILES string of the molecule is CCN(c1cc(O)ccc1C)S(=O)(=O)N1CCNCC1. The van der Waals surface area contributed by atoms with Crippen molar-refractivity contribution < 1.29 is 13.5 Å². The third-order valence-electron chi connectivity index (χ3n) is 3.43. The molecule has 0 bridgehead atoms. The Morgan fingerprint density at radius 1 is 1.35 bits per heavy atom. The summed E-state index contributed by atoms with van der Waals surface area (Å²) in [6.07, 6.45) is 0. The zero-order valence-electron chi connectivity index (χ0n) is 11.8. The lowest BCUT2D eigenvalue weighted by molar-refractivity contribution is 0.359. The predicted molar refractivity (Wildman–Crippen MR) is 79.2 cm³/mol. The molecule has 1 aromatic rings. The van der Waals surface area contributed by atoms with Crippen LogP contribution in [0.1, 0.15) is 12.5 Å². The van der Waals surface area contributed by atoms with Gasteiger partial charge in [-0.2, -0.15) is 12.7 Å². The number of phenolic OH excluding ortho intramolecular Hbond substituents is 1. The van der Waals surface area contributed by atoms with Gasteiger partial charge in [0.1, 0.15) is 5.75 Å². The summed E-state index contributed by atoms with van der Waals surface area (Å²) in [5.74, 6) is 0.0690. The third kappa shape index (κ3) is 2.89. The molecule has 0 amide bonds. The lowest BCUT2D eigenvalue weighted by Gasteiger charge is -2.33. The molecule has 1 saturated heterocycles. The number of hydrogen-bond donors (Lipinski definition) is 2. The summed E-state index contributed by atoms with van der Waals surface area (Å²) in [5.41, 5.74) is 1.36. The zero-order valence-corrected chi connectivity index (χ0v) is 12.7. The standard InChI is InChI=1S/C13H21N3O3S/c1-3-16(13-10-12(17)5-4-11(13)2)20(18,19)15-8-6-14-7-9-15/h4-5,10,14,17H,3,6-9H2,1-2H3. The fraction of sp³-hybridized carbons (Fsp3) is 0.538. The maximum Gasteiger partial charge on any atom is 0.304 e. The molecule has 0 saturated carbocycles. The molecule has 0 spiro atoms. The van der Waals surface area contributed by atoms with Gasteiger partial charge in [0.25, 0.3) is 0 Å². The summed E-state index contributed by atoms with van der Waals surface area (Å²) in [7, 11) is -3.55. The summed E-state index contributed by atoms with van der Waals surface area (Å²) >= 11 is 0. The van der Waals surface area contributed by atoms with Crippen LogP contribution in [0.25, 0.3) is 0 Å². The first kappa shape index (κ1) is 15.1. The summed E-state index contributed by atoms with van der Waals surface area (Å²) in [4.78, 5) is 0. The Morgan fingerprint density at radius 3 is 2.60 bits per heavy atom. The van der Waals surface area contributed by atoms with Crippen molar-refractivity contribution in [1.29, 1.82) is 0 Å². The van der Waals surface area contributed by atoms with Crippen molar-refractivity contribution in [1.82, 2.24) is 9.62 Å². The molecule has 2 N–H and O–H groups in total. The Morgan fingerprint density at radius 2 is 2.00 bits per heavy atom. The number of aryl methyl sites for hydroxylation is 1. The molecule has 2 rings (SSSR count). The van der Waals surface area contributed by atoms with E-state index in [4.69, 9.17) is 0 Å². The van der Waals surface area contributed by atoms with E-state index >= 15 is 0 Å². The van der Waals surface area contributed by atoms with E-state index in [0.29, 0.717) is 38.4 Å².